The summed E-state index contributed by atoms with van der Waals surface area (Å²) in [5.74, 6) is -7.02. The van der Waals surface area contributed by atoms with Crippen molar-refractivity contribution in [1.29, 1.82) is 0 Å². The minimum Gasteiger partial charge on any atom is -0.452 e. The summed E-state index contributed by atoms with van der Waals surface area (Å²) in [6, 6.07) is 6.15. The van der Waals surface area contributed by atoms with Crippen molar-refractivity contribution in [2.75, 3.05) is 11.9 Å². The van der Waals surface area contributed by atoms with Crippen LogP contribution in [0.5, 0.6) is 0 Å². The van der Waals surface area contributed by atoms with Crippen LogP contribution in [-0.4, -0.2) is 40.2 Å². The Morgan fingerprint density at radius 2 is 1.94 bits per heavy atom. The van der Waals surface area contributed by atoms with Crippen LogP contribution in [0.1, 0.15) is 23.2 Å². The summed E-state index contributed by atoms with van der Waals surface area (Å²) < 4.78 is 51.6. The number of esters is 1. The number of carbonyl (C=O) groups is 3. The number of nitrogens with one attached hydrogen (secondary N) is 2. The van der Waals surface area contributed by atoms with E-state index in [0.717, 1.165) is 6.07 Å². The highest BCUT2D eigenvalue weighted by Gasteiger charge is 2.22. The molecule has 3 rings (SSSR count). The summed E-state index contributed by atoms with van der Waals surface area (Å²) in [6.45, 7) is 0.936. The summed E-state index contributed by atoms with van der Waals surface area (Å²) in [5, 5.41) is 8.18. The molecule has 0 spiro atoms. The minimum atomic E-state index is -1.74. The van der Waals surface area contributed by atoms with E-state index in [1.807, 2.05) is 5.32 Å². The lowest BCUT2D eigenvalue weighted by Gasteiger charge is -2.13. The molecule has 0 aliphatic carbocycles. The lowest BCUT2D eigenvalue weighted by Crippen LogP contribution is -2.40. The van der Waals surface area contributed by atoms with Crippen LogP contribution in [0.15, 0.2) is 47.1 Å². The van der Waals surface area contributed by atoms with Gasteiger partial charge in [0.15, 0.2) is 23.6 Å². The van der Waals surface area contributed by atoms with Crippen molar-refractivity contribution in [3.63, 3.8) is 0 Å². The zero-order valence-corrected chi connectivity index (χ0v) is 16.6. The molecule has 0 radical (unpaired) electrons. The highest BCUT2D eigenvalue weighted by Crippen LogP contribution is 2.19. The Balaban J connectivity index is 1.47. The second-order valence-electron chi connectivity index (χ2n) is 6.51. The number of anilines is 1. The van der Waals surface area contributed by atoms with Crippen LogP contribution in [-0.2, 0) is 20.9 Å². The highest BCUT2D eigenvalue weighted by atomic mass is 19.2. The number of furan rings is 1. The Morgan fingerprint density at radius 3 is 2.66 bits per heavy atom. The van der Waals surface area contributed by atoms with Gasteiger partial charge in [0, 0.05) is 12.4 Å². The van der Waals surface area contributed by atoms with Crippen LogP contribution in [0.4, 0.5) is 18.9 Å². The van der Waals surface area contributed by atoms with Gasteiger partial charge in [0.1, 0.15) is 5.76 Å². The van der Waals surface area contributed by atoms with Crippen molar-refractivity contribution < 1.29 is 36.7 Å². The van der Waals surface area contributed by atoms with E-state index in [0.29, 0.717) is 18.4 Å². The standard InChI is InChI=1S/C20H17F3N4O5/c1-11(31-20(30)15-6-3-12(32-15)10-27-8-2-7-25-27)19(29)24-9-16(28)26-14-5-4-13(21)17(22)18(14)23/h2-8,11H,9-10H2,1H3,(H,24,29)(H,26,28). The van der Waals surface area contributed by atoms with E-state index in [-0.39, 0.29) is 5.76 Å². The molecule has 32 heavy (non-hydrogen) atoms. The summed E-state index contributed by atoms with van der Waals surface area (Å²) in [5.41, 5.74) is -0.591. The topological polar surface area (TPSA) is 115 Å². The van der Waals surface area contributed by atoms with Crippen molar-refractivity contribution in [1.82, 2.24) is 15.1 Å². The average Bonchev–Trinajstić information content (AvgIpc) is 3.45. The minimum absolute atomic E-state index is 0.127. The van der Waals surface area contributed by atoms with Gasteiger partial charge in [-0.2, -0.15) is 5.10 Å². The van der Waals surface area contributed by atoms with E-state index in [1.54, 1.807) is 29.2 Å². The van der Waals surface area contributed by atoms with E-state index in [2.05, 4.69) is 10.4 Å². The largest absolute Gasteiger partial charge is 0.452 e. The monoisotopic (exact) mass is 450 g/mol. The lowest BCUT2D eigenvalue weighted by molar-refractivity contribution is -0.130. The Labute approximate surface area is 179 Å². The number of amides is 2. The van der Waals surface area contributed by atoms with Gasteiger partial charge in [0.05, 0.1) is 18.8 Å². The number of aromatic nitrogens is 2. The van der Waals surface area contributed by atoms with Crippen molar-refractivity contribution in [2.24, 2.45) is 0 Å². The third kappa shape index (κ3) is 5.53. The van der Waals surface area contributed by atoms with E-state index in [1.165, 1.54) is 13.0 Å². The number of carbonyl (C=O) groups excluding carboxylic acids is 3. The third-order valence-corrected chi connectivity index (χ3v) is 4.13. The van der Waals surface area contributed by atoms with Gasteiger partial charge in [-0.1, -0.05) is 0 Å². The fourth-order valence-electron chi connectivity index (χ4n) is 2.53. The maximum Gasteiger partial charge on any atom is 0.375 e. The zero-order valence-electron chi connectivity index (χ0n) is 16.6. The molecule has 0 aliphatic rings. The van der Waals surface area contributed by atoms with E-state index < -0.39 is 53.6 Å². The molecule has 0 aliphatic heterocycles. The molecule has 12 heteroatoms. The van der Waals surface area contributed by atoms with E-state index in [9.17, 15) is 27.6 Å². The number of ether oxygens (including phenoxy) is 1. The second kappa shape index (κ2) is 9.81. The van der Waals surface area contributed by atoms with Gasteiger partial charge in [0.2, 0.25) is 11.7 Å². The number of hydrogen-bond acceptors (Lipinski definition) is 6. The predicted octanol–water partition coefficient (Wildman–Crippen LogP) is 2.24. The van der Waals surface area contributed by atoms with Gasteiger partial charge >= 0.3 is 5.97 Å². The zero-order chi connectivity index (χ0) is 23.3. The Kier molecular flexibility index (Phi) is 6.93. The molecule has 1 atom stereocenters. The summed E-state index contributed by atoms with van der Waals surface area (Å²) in [6.07, 6.45) is 2.02. The van der Waals surface area contributed by atoms with Gasteiger partial charge in [-0.15, -0.1) is 0 Å². The Bertz CT molecular complexity index is 1130. The van der Waals surface area contributed by atoms with Crippen LogP contribution >= 0.6 is 0 Å². The summed E-state index contributed by atoms with van der Waals surface area (Å²) in [7, 11) is 0. The fraction of sp³-hybridized carbons (Fsp3) is 0.200. The van der Waals surface area contributed by atoms with Crippen LogP contribution in [0.3, 0.4) is 0 Å². The number of nitrogens with zero attached hydrogens (tertiary/aromatic N) is 2. The number of rotatable bonds is 8. The fourth-order valence-corrected chi connectivity index (χ4v) is 2.53. The molecule has 2 heterocycles. The molecule has 168 valence electrons. The third-order valence-electron chi connectivity index (χ3n) is 4.13. The molecule has 2 amide bonds. The van der Waals surface area contributed by atoms with Crippen LogP contribution in [0.2, 0.25) is 0 Å². The molecule has 0 bridgehead atoms. The molecule has 9 nitrogen and oxygen atoms in total. The first-order valence-corrected chi connectivity index (χ1v) is 9.22. The quantitative estimate of drug-likeness (QED) is 0.402. The number of benzene rings is 1. The van der Waals surface area contributed by atoms with Gasteiger partial charge in [0.25, 0.3) is 5.91 Å². The predicted molar refractivity (Wildman–Crippen MR) is 103 cm³/mol. The molecular formula is C20H17F3N4O5. The first-order chi connectivity index (χ1) is 15.2. The maximum atomic E-state index is 13.6. The first kappa shape index (κ1) is 22.6. The van der Waals surface area contributed by atoms with Crippen LogP contribution < -0.4 is 10.6 Å². The molecule has 0 saturated carbocycles. The molecule has 2 N–H and O–H groups in total. The lowest BCUT2D eigenvalue weighted by atomic mass is 10.2. The molecule has 1 unspecified atom stereocenters. The van der Waals surface area contributed by atoms with Gasteiger partial charge in [-0.05, 0) is 37.3 Å². The van der Waals surface area contributed by atoms with Crippen molar-refractivity contribution >= 4 is 23.5 Å². The molecule has 0 saturated heterocycles. The van der Waals surface area contributed by atoms with Gasteiger partial charge in [-0.25, -0.2) is 18.0 Å². The molecular weight excluding hydrogens is 433 g/mol. The first-order valence-electron chi connectivity index (χ1n) is 9.22. The highest BCUT2D eigenvalue weighted by molar-refractivity contribution is 5.96. The normalized spacial score (nSPS) is 11.6. The van der Waals surface area contributed by atoms with E-state index >= 15 is 0 Å². The van der Waals surface area contributed by atoms with Crippen LogP contribution in [0.25, 0.3) is 0 Å². The average molecular weight is 450 g/mol. The smallest absolute Gasteiger partial charge is 0.375 e. The number of hydrogen-bond donors (Lipinski definition) is 2. The Morgan fingerprint density at radius 1 is 1.16 bits per heavy atom. The molecule has 3 aromatic rings. The summed E-state index contributed by atoms with van der Waals surface area (Å²) in [4.78, 5) is 36.0. The summed E-state index contributed by atoms with van der Waals surface area (Å²) >= 11 is 0. The SMILES string of the molecule is CC(OC(=O)c1ccc(Cn2cccn2)o1)C(=O)NCC(=O)Nc1ccc(F)c(F)c1F. The van der Waals surface area contributed by atoms with E-state index in [4.69, 9.17) is 9.15 Å². The van der Waals surface area contributed by atoms with Crippen molar-refractivity contribution in [2.45, 2.75) is 19.6 Å². The Hall–Kier alpha value is -4.09. The van der Waals surface area contributed by atoms with Crippen molar-refractivity contribution in [3.8, 4) is 0 Å². The van der Waals surface area contributed by atoms with Crippen LogP contribution in [0, 0.1) is 17.5 Å². The maximum absolute atomic E-state index is 13.6. The second-order valence-corrected chi connectivity index (χ2v) is 6.51. The van der Waals surface area contributed by atoms with Gasteiger partial charge in [-0.3, -0.25) is 14.3 Å². The van der Waals surface area contributed by atoms with Gasteiger partial charge < -0.3 is 19.8 Å². The molecule has 2 aromatic heterocycles. The van der Waals surface area contributed by atoms with Crippen molar-refractivity contribution in [3.05, 3.63) is 71.7 Å². The molecule has 0 fully saturated rings. The number of halogens is 3. The molecule has 1 aromatic carbocycles.